The Morgan fingerprint density at radius 1 is 1.50 bits per heavy atom. The first-order valence-corrected chi connectivity index (χ1v) is 5.05. The fourth-order valence-electron chi connectivity index (χ4n) is 1.13. The average molecular weight is 195 g/mol. The number of rotatable bonds is 2. The van der Waals surface area contributed by atoms with Crippen LogP contribution in [0.2, 0.25) is 0 Å². The molecule has 0 amide bonds. The lowest BCUT2D eigenvalue weighted by atomic mass is 10.0. The molecular formula is C11H21N3. The molecule has 1 fully saturated rings. The van der Waals surface area contributed by atoms with Crippen LogP contribution in [-0.4, -0.2) is 25.6 Å². The van der Waals surface area contributed by atoms with Gasteiger partial charge in [-0.1, -0.05) is 13.5 Å². The first-order chi connectivity index (χ1) is 6.66. The molecule has 1 saturated heterocycles. The number of nitrogens with zero attached hydrogens (tertiary/aromatic N) is 1. The van der Waals surface area contributed by atoms with Crippen molar-refractivity contribution in [3.8, 4) is 0 Å². The van der Waals surface area contributed by atoms with Crippen molar-refractivity contribution in [2.24, 2.45) is 10.9 Å². The lowest BCUT2D eigenvalue weighted by molar-refractivity contribution is 0.402. The van der Waals surface area contributed by atoms with Crippen LogP contribution >= 0.6 is 0 Å². The fraction of sp³-hybridized carbons (Fsp3) is 0.636. The van der Waals surface area contributed by atoms with E-state index in [0.29, 0.717) is 0 Å². The van der Waals surface area contributed by atoms with Gasteiger partial charge in [-0.3, -0.25) is 5.41 Å². The predicted molar refractivity (Wildman–Crippen MR) is 63.4 cm³/mol. The van der Waals surface area contributed by atoms with Gasteiger partial charge >= 0.3 is 0 Å². The van der Waals surface area contributed by atoms with E-state index in [1.54, 1.807) is 0 Å². The summed E-state index contributed by atoms with van der Waals surface area (Å²) in [6, 6.07) is 0. The molecule has 2 N–H and O–H groups in total. The molecule has 1 heterocycles. The molecule has 3 heteroatoms. The Bertz CT molecular complexity index is 191. The lowest BCUT2D eigenvalue weighted by Gasteiger charge is -2.17. The highest BCUT2D eigenvalue weighted by Crippen LogP contribution is 2.08. The SMILES string of the molecule is C=C(C)C=NC=N.CC1CCNCC1. The van der Waals surface area contributed by atoms with E-state index in [0.717, 1.165) is 17.8 Å². The van der Waals surface area contributed by atoms with Crippen LogP contribution in [0.15, 0.2) is 17.1 Å². The molecule has 1 rings (SSSR count). The molecule has 14 heavy (non-hydrogen) atoms. The monoisotopic (exact) mass is 195 g/mol. The quantitative estimate of drug-likeness (QED) is 0.515. The zero-order valence-corrected chi connectivity index (χ0v) is 9.21. The molecule has 0 saturated carbocycles. The number of nitrogens with one attached hydrogen (secondary N) is 2. The van der Waals surface area contributed by atoms with Crippen LogP contribution in [-0.2, 0) is 0 Å². The Morgan fingerprint density at radius 3 is 2.29 bits per heavy atom. The Hall–Kier alpha value is -0.960. The summed E-state index contributed by atoms with van der Waals surface area (Å²) < 4.78 is 0. The number of aliphatic imine (C=N–C) groups is 1. The number of allylic oxidation sites excluding steroid dienone is 1. The van der Waals surface area contributed by atoms with Crippen molar-refractivity contribution in [2.45, 2.75) is 26.7 Å². The van der Waals surface area contributed by atoms with Crippen molar-refractivity contribution < 1.29 is 0 Å². The summed E-state index contributed by atoms with van der Waals surface area (Å²) in [6.07, 6.45) is 5.27. The first kappa shape index (κ1) is 13.0. The van der Waals surface area contributed by atoms with E-state index >= 15 is 0 Å². The smallest absolute Gasteiger partial charge is 0.106 e. The van der Waals surface area contributed by atoms with Gasteiger partial charge in [-0.05, 0) is 44.3 Å². The van der Waals surface area contributed by atoms with Crippen LogP contribution in [0.1, 0.15) is 26.7 Å². The molecule has 0 bridgehead atoms. The summed E-state index contributed by atoms with van der Waals surface area (Å²) >= 11 is 0. The van der Waals surface area contributed by atoms with E-state index in [-0.39, 0.29) is 0 Å². The van der Waals surface area contributed by atoms with Gasteiger partial charge in [0.1, 0.15) is 6.34 Å². The summed E-state index contributed by atoms with van der Waals surface area (Å²) in [5.41, 5.74) is 0.864. The highest BCUT2D eigenvalue weighted by molar-refractivity contribution is 5.82. The van der Waals surface area contributed by atoms with E-state index < -0.39 is 0 Å². The Labute approximate surface area is 86.8 Å². The zero-order valence-electron chi connectivity index (χ0n) is 9.21. The Kier molecular flexibility index (Phi) is 8.04. The largest absolute Gasteiger partial charge is 0.317 e. The Balaban J connectivity index is 0.000000241. The number of hydrogen-bond acceptors (Lipinski definition) is 2. The molecule has 0 aromatic carbocycles. The van der Waals surface area contributed by atoms with Gasteiger partial charge in [0.25, 0.3) is 0 Å². The fourth-order valence-corrected chi connectivity index (χ4v) is 1.13. The summed E-state index contributed by atoms with van der Waals surface area (Å²) in [5, 5.41) is 9.75. The third-order valence-electron chi connectivity index (χ3n) is 2.00. The lowest BCUT2D eigenvalue weighted by Crippen LogP contribution is -2.26. The van der Waals surface area contributed by atoms with E-state index in [1.165, 1.54) is 32.1 Å². The van der Waals surface area contributed by atoms with Gasteiger partial charge in [-0.2, -0.15) is 0 Å². The van der Waals surface area contributed by atoms with Gasteiger partial charge in [0, 0.05) is 6.21 Å². The van der Waals surface area contributed by atoms with Crippen molar-refractivity contribution >= 4 is 12.6 Å². The van der Waals surface area contributed by atoms with Crippen molar-refractivity contribution in [3.05, 3.63) is 12.2 Å². The maximum atomic E-state index is 6.43. The highest BCUT2D eigenvalue weighted by atomic mass is 14.9. The minimum atomic E-state index is 0.864. The molecule has 0 aromatic rings. The van der Waals surface area contributed by atoms with Crippen LogP contribution < -0.4 is 5.32 Å². The number of hydrogen-bond donors (Lipinski definition) is 2. The van der Waals surface area contributed by atoms with Crippen LogP contribution in [0.5, 0.6) is 0 Å². The van der Waals surface area contributed by atoms with Crippen molar-refractivity contribution in [1.29, 1.82) is 5.41 Å². The summed E-state index contributed by atoms with van der Waals surface area (Å²) in [7, 11) is 0. The maximum absolute atomic E-state index is 6.43. The van der Waals surface area contributed by atoms with Crippen LogP contribution in [0, 0.1) is 11.3 Å². The molecule has 0 atom stereocenters. The molecule has 0 radical (unpaired) electrons. The van der Waals surface area contributed by atoms with Crippen molar-refractivity contribution in [2.75, 3.05) is 13.1 Å². The summed E-state index contributed by atoms with van der Waals surface area (Å²) in [6.45, 7) is 10.2. The molecule has 3 nitrogen and oxygen atoms in total. The Morgan fingerprint density at radius 2 is 2.07 bits per heavy atom. The van der Waals surface area contributed by atoms with Gasteiger partial charge in [-0.25, -0.2) is 4.99 Å². The third kappa shape index (κ3) is 9.13. The van der Waals surface area contributed by atoms with E-state index in [2.05, 4.69) is 23.8 Å². The van der Waals surface area contributed by atoms with Gasteiger partial charge in [-0.15, -0.1) is 0 Å². The number of piperidine rings is 1. The second kappa shape index (κ2) is 8.63. The average Bonchev–Trinajstić information content (AvgIpc) is 2.17. The second-order valence-electron chi connectivity index (χ2n) is 3.69. The molecule has 80 valence electrons. The molecule has 0 aliphatic carbocycles. The van der Waals surface area contributed by atoms with Gasteiger partial charge in [0.15, 0.2) is 0 Å². The maximum Gasteiger partial charge on any atom is 0.106 e. The molecular weight excluding hydrogens is 174 g/mol. The van der Waals surface area contributed by atoms with Crippen molar-refractivity contribution in [3.63, 3.8) is 0 Å². The van der Waals surface area contributed by atoms with Crippen LogP contribution in [0.3, 0.4) is 0 Å². The van der Waals surface area contributed by atoms with Crippen LogP contribution in [0.4, 0.5) is 0 Å². The molecule has 0 aromatic heterocycles. The minimum absolute atomic E-state index is 0.864. The van der Waals surface area contributed by atoms with E-state index in [1.807, 2.05) is 6.92 Å². The molecule has 0 spiro atoms. The third-order valence-corrected chi connectivity index (χ3v) is 2.00. The zero-order chi connectivity index (χ0) is 10.8. The molecule has 1 aliphatic heterocycles. The topological polar surface area (TPSA) is 48.2 Å². The molecule has 0 unspecified atom stereocenters. The second-order valence-corrected chi connectivity index (χ2v) is 3.69. The minimum Gasteiger partial charge on any atom is -0.317 e. The van der Waals surface area contributed by atoms with Crippen molar-refractivity contribution in [1.82, 2.24) is 5.32 Å². The van der Waals surface area contributed by atoms with Crippen LogP contribution in [0.25, 0.3) is 0 Å². The van der Waals surface area contributed by atoms with E-state index in [9.17, 15) is 0 Å². The molecule has 1 aliphatic rings. The van der Waals surface area contributed by atoms with E-state index in [4.69, 9.17) is 5.41 Å². The van der Waals surface area contributed by atoms with Gasteiger partial charge in [0.05, 0.1) is 0 Å². The predicted octanol–water partition coefficient (Wildman–Crippen LogP) is 2.25. The summed E-state index contributed by atoms with van der Waals surface area (Å²) in [5.74, 6) is 0.973. The standard InChI is InChI=1S/C6H13N.C5H8N2/c1-6-2-4-7-5-3-6;1-5(2)3-7-4-6/h6-7H,2-5H2,1H3;3-4,6H,1H2,2H3. The van der Waals surface area contributed by atoms with Gasteiger partial charge < -0.3 is 5.32 Å². The first-order valence-electron chi connectivity index (χ1n) is 5.05. The normalized spacial score (nSPS) is 17.3. The van der Waals surface area contributed by atoms with Gasteiger partial charge in [0.2, 0.25) is 0 Å². The highest BCUT2D eigenvalue weighted by Gasteiger charge is 2.04. The summed E-state index contributed by atoms with van der Waals surface area (Å²) in [4.78, 5) is 3.49.